The van der Waals surface area contributed by atoms with Crippen molar-refractivity contribution in [2.75, 3.05) is 30.2 Å². The summed E-state index contributed by atoms with van der Waals surface area (Å²) < 4.78 is 26.2. The Bertz CT molecular complexity index is 1090. The smallest absolute Gasteiger partial charge is 0.267 e. The minimum atomic E-state index is -3.29. The maximum absolute atomic E-state index is 12.3. The van der Waals surface area contributed by atoms with Crippen LogP contribution in [0.2, 0.25) is 0 Å². The number of hydrogen-bond acceptors (Lipinski definition) is 5. The Balaban J connectivity index is 1.41. The topological polar surface area (TPSA) is 90.0 Å². The molecule has 0 unspecified atom stereocenters. The van der Waals surface area contributed by atoms with Gasteiger partial charge in [0.25, 0.3) is 5.91 Å². The van der Waals surface area contributed by atoms with Gasteiger partial charge < -0.3 is 0 Å². The molecule has 2 aromatic carbocycles. The number of hydrogen-bond donors (Lipinski definition) is 2. The molecule has 31 heavy (non-hydrogen) atoms. The van der Waals surface area contributed by atoms with Gasteiger partial charge >= 0.3 is 0 Å². The van der Waals surface area contributed by atoms with Crippen molar-refractivity contribution in [1.29, 1.82) is 0 Å². The van der Waals surface area contributed by atoms with Crippen LogP contribution in [-0.2, 0) is 26.8 Å². The highest BCUT2D eigenvalue weighted by Crippen LogP contribution is 2.47. The summed E-state index contributed by atoms with van der Waals surface area (Å²) in [4.78, 5) is 13.5. The lowest BCUT2D eigenvalue weighted by molar-refractivity contribution is -0.124. The van der Waals surface area contributed by atoms with Crippen molar-refractivity contribution in [1.82, 2.24) is 10.4 Å². The molecule has 8 heteroatoms. The maximum Gasteiger partial charge on any atom is 0.267 e. The first-order valence-corrected chi connectivity index (χ1v) is 12.2. The first-order chi connectivity index (χ1) is 14.8. The number of rotatable bonds is 5. The number of carbonyl (C=O) groups excluding carboxylic acids is 1. The quantitative estimate of drug-likeness (QED) is 0.423. The van der Waals surface area contributed by atoms with Crippen molar-refractivity contribution in [3.8, 4) is 0 Å². The van der Waals surface area contributed by atoms with Gasteiger partial charge in [-0.05, 0) is 54.8 Å². The largest absolute Gasteiger partial charge is 0.299 e. The van der Waals surface area contributed by atoms with Crippen LogP contribution < -0.4 is 9.79 Å². The maximum atomic E-state index is 12.3. The number of piperidine rings is 1. The number of para-hydroxylation sites is 1. The molecule has 2 heterocycles. The molecule has 0 saturated carbocycles. The molecule has 0 aliphatic carbocycles. The van der Waals surface area contributed by atoms with Crippen LogP contribution >= 0.6 is 0 Å². The van der Waals surface area contributed by atoms with Crippen LogP contribution in [-0.4, -0.2) is 50.3 Å². The van der Waals surface area contributed by atoms with E-state index in [0.717, 1.165) is 49.3 Å². The van der Waals surface area contributed by atoms with Crippen molar-refractivity contribution < 1.29 is 18.4 Å². The zero-order chi connectivity index (χ0) is 22.1. The van der Waals surface area contributed by atoms with E-state index < -0.39 is 15.9 Å². The average molecular weight is 442 g/mol. The van der Waals surface area contributed by atoms with Gasteiger partial charge in [0.2, 0.25) is 10.0 Å². The summed E-state index contributed by atoms with van der Waals surface area (Å²) in [6, 6.07) is 15.9. The fourth-order valence-electron chi connectivity index (χ4n) is 4.65. The van der Waals surface area contributed by atoms with Gasteiger partial charge in [-0.1, -0.05) is 42.5 Å². The average Bonchev–Trinajstić information content (AvgIpc) is 3.09. The first-order valence-electron chi connectivity index (χ1n) is 10.3. The number of fused-ring (bicyclic) bond motifs is 2. The van der Waals surface area contributed by atoms with Crippen LogP contribution in [0.15, 0.2) is 54.6 Å². The van der Waals surface area contributed by atoms with Crippen LogP contribution in [0.25, 0.3) is 6.08 Å². The molecule has 1 spiro atoms. The number of sulfonamides is 1. The second-order valence-corrected chi connectivity index (χ2v) is 10.3. The summed E-state index contributed by atoms with van der Waals surface area (Å²) in [5.74, 6) is -0.561. The van der Waals surface area contributed by atoms with E-state index >= 15 is 0 Å². The highest BCUT2D eigenvalue weighted by molar-refractivity contribution is 7.92. The van der Waals surface area contributed by atoms with Crippen LogP contribution in [0.5, 0.6) is 0 Å². The zero-order valence-electron chi connectivity index (χ0n) is 17.5. The van der Waals surface area contributed by atoms with Crippen LogP contribution in [0, 0.1) is 0 Å². The normalized spacial score (nSPS) is 18.5. The van der Waals surface area contributed by atoms with Gasteiger partial charge in [-0.15, -0.1) is 0 Å². The van der Waals surface area contributed by atoms with Crippen molar-refractivity contribution in [3.63, 3.8) is 0 Å². The summed E-state index contributed by atoms with van der Waals surface area (Å²) in [5.41, 5.74) is 5.51. The number of nitrogens with zero attached hydrogens (tertiary/aromatic N) is 2. The molecule has 164 valence electrons. The number of hydroxylamine groups is 1. The summed E-state index contributed by atoms with van der Waals surface area (Å²) in [7, 11) is -3.29. The third-order valence-electron chi connectivity index (χ3n) is 6.33. The molecule has 1 saturated heterocycles. The molecule has 4 rings (SSSR count). The molecule has 7 nitrogen and oxygen atoms in total. The SMILES string of the molecule is CS(=O)(=O)N1CC2(CCN(Cc3ccc(/C=C/C(=O)NO)cc3)CC2)c2ccccc21. The van der Waals surface area contributed by atoms with Crippen molar-refractivity contribution in [2.24, 2.45) is 0 Å². The monoisotopic (exact) mass is 441 g/mol. The van der Waals surface area contributed by atoms with E-state index in [1.807, 2.05) is 42.5 Å². The van der Waals surface area contributed by atoms with Gasteiger partial charge in [0.15, 0.2) is 0 Å². The summed E-state index contributed by atoms with van der Waals surface area (Å²) >= 11 is 0. The number of carbonyl (C=O) groups is 1. The molecule has 2 aromatic rings. The number of anilines is 1. The van der Waals surface area contributed by atoms with Gasteiger partial charge in [0.1, 0.15) is 0 Å². The minimum Gasteiger partial charge on any atom is -0.299 e. The molecule has 0 radical (unpaired) electrons. The van der Waals surface area contributed by atoms with Gasteiger partial charge in [-0.2, -0.15) is 0 Å². The molecule has 2 aliphatic heterocycles. The summed E-state index contributed by atoms with van der Waals surface area (Å²) in [5, 5.41) is 8.54. The fourth-order valence-corrected chi connectivity index (χ4v) is 5.65. The molecular formula is C23H27N3O4S. The first kappa shape index (κ1) is 21.5. The van der Waals surface area contributed by atoms with E-state index in [1.165, 1.54) is 17.9 Å². The molecule has 2 aliphatic rings. The number of benzene rings is 2. The second-order valence-electron chi connectivity index (χ2n) is 8.39. The Hall–Kier alpha value is -2.68. The standard InChI is InChI=1S/C23H27N3O4S/c1-31(29,30)26-17-23(20-4-2-3-5-21(20)26)12-14-25(15-13-23)16-19-8-6-18(7-9-19)10-11-22(27)24-28/h2-11,28H,12-17H2,1H3,(H,24,27)/b11-10+. The Kier molecular flexibility index (Phi) is 5.88. The molecular weight excluding hydrogens is 414 g/mol. The Morgan fingerprint density at radius 2 is 1.81 bits per heavy atom. The third-order valence-corrected chi connectivity index (χ3v) is 7.45. The molecule has 1 amide bonds. The van der Waals surface area contributed by atoms with Crippen molar-refractivity contribution in [3.05, 3.63) is 71.3 Å². The van der Waals surface area contributed by atoms with Gasteiger partial charge in [0.05, 0.1) is 11.9 Å². The van der Waals surface area contributed by atoms with Crippen molar-refractivity contribution in [2.45, 2.75) is 24.8 Å². The highest BCUT2D eigenvalue weighted by Gasteiger charge is 2.46. The number of nitrogens with one attached hydrogen (secondary N) is 1. The lowest BCUT2D eigenvalue weighted by Crippen LogP contribution is -2.45. The van der Waals surface area contributed by atoms with E-state index in [1.54, 1.807) is 15.9 Å². The molecule has 2 N–H and O–H groups in total. The molecule has 0 bridgehead atoms. The third kappa shape index (κ3) is 4.51. The fraction of sp³-hybridized carbons (Fsp3) is 0.348. The van der Waals surface area contributed by atoms with Crippen LogP contribution in [0.4, 0.5) is 5.69 Å². The summed E-state index contributed by atoms with van der Waals surface area (Å²) in [6.45, 7) is 3.17. The van der Waals surface area contributed by atoms with E-state index in [9.17, 15) is 13.2 Å². The van der Waals surface area contributed by atoms with Gasteiger partial charge in [0, 0.05) is 24.6 Å². The molecule has 0 aromatic heterocycles. The van der Waals surface area contributed by atoms with Gasteiger partial charge in [-0.25, -0.2) is 13.9 Å². The molecule has 1 fully saturated rings. The highest BCUT2D eigenvalue weighted by atomic mass is 32.2. The Morgan fingerprint density at radius 1 is 1.13 bits per heavy atom. The zero-order valence-corrected chi connectivity index (χ0v) is 18.3. The van der Waals surface area contributed by atoms with Crippen LogP contribution in [0.1, 0.15) is 29.5 Å². The predicted molar refractivity (Wildman–Crippen MR) is 120 cm³/mol. The Labute approximate surface area is 183 Å². The number of amides is 1. The van der Waals surface area contributed by atoms with Crippen molar-refractivity contribution >= 4 is 27.7 Å². The van der Waals surface area contributed by atoms with Gasteiger partial charge in [-0.3, -0.25) is 19.2 Å². The molecule has 0 atom stereocenters. The van der Waals surface area contributed by atoms with E-state index in [-0.39, 0.29) is 5.41 Å². The lowest BCUT2D eigenvalue weighted by Gasteiger charge is -2.39. The van der Waals surface area contributed by atoms with E-state index in [4.69, 9.17) is 5.21 Å². The Morgan fingerprint density at radius 3 is 2.45 bits per heavy atom. The van der Waals surface area contributed by atoms with E-state index in [2.05, 4.69) is 11.0 Å². The summed E-state index contributed by atoms with van der Waals surface area (Å²) in [6.07, 6.45) is 6.05. The predicted octanol–water partition coefficient (Wildman–Crippen LogP) is 2.52. The number of likely N-dealkylation sites (tertiary alicyclic amines) is 1. The van der Waals surface area contributed by atoms with E-state index in [0.29, 0.717) is 6.54 Å². The van der Waals surface area contributed by atoms with Crippen LogP contribution in [0.3, 0.4) is 0 Å². The second kappa shape index (κ2) is 8.45. The minimum absolute atomic E-state index is 0.113. The lowest BCUT2D eigenvalue weighted by atomic mass is 9.74.